The predicted octanol–water partition coefficient (Wildman–Crippen LogP) is 2.06. The first-order valence-corrected chi connectivity index (χ1v) is 7.80. The van der Waals surface area contributed by atoms with Crippen LogP contribution in [0.1, 0.15) is 35.8 Å². The van der Waals surface area contributed by atoms with E-state index in [1.165, 1.54) is 14.2 Å². The van der Waals surface area contributed by atoms with E-state index in [9.17, 15) is 4.79 Å². The van der Waals surface area contributed by atoms with Crippen LogP contribution in [0.3, 0.4) is 0 Å². The average Bonchev–Trinajstić information content (AvgIpc) is 2.97. The Morgan fingerprint density at radius 2 is 1.79 bits per heavy atom. The molecule has 7 heteroatoms. The van der Waals surface area contributed by atoms with Crippen LogP contribution in [-0.2, 0) is 11.3 Å². The van der Waals surface area contributed by atoms with E-state index in [0.717, 1.165) is 11.1 Å². The lowest BCUT2D eigenvalue weighted by molar-refractivity contribution is -0.129. The summed E-state index contributed by atoms with van der Waals surface area (Å²) in [5, 5.41) is 0. The van der Waals surface area contributed by atoms with Gasteiger partial charge in [-0.05, 0) is 24.5 Å². The molecular formula is C17H20N4O3. The van der Waals surface area contributed by atoms with Gasteiger partial charge in [0.25, 0.3) is 0 Å². The van der Waals surface area contributed by atoms with Gasteiger partial charge in [-0.2, -0.15) is 9.97 Å². The van der Waals surface area contributed by atoms with E-state index in [1.54, 1.807) is 0 Å². The Hall–Kier alpha value is -2.70. The van der Waals surface area contributed by atoms with Crippen molar-refractivity contribution in [2.75, 3.05) is 14.2 Å². The number of carbonyl (C=O) groups is 1. The Morgan fingerprint density at radius 1 is 1.12 bits per heavy atom. The molecule has 2 aromatic rings. The molecule has 1 aromatic carbocycles. The molecule has 1 aliphatic heterocycles. The smallest absolute Gasteiger partial charge is 0.322 e. The zero-order valence-electron chi connectivity index (χ0n) is 14.0. The summed E-state index contributed by atoms with van der Waals surface area (Å²) in [6.45, 7) is 2.58. The topological polar surface area (TPSA) is 77.4 Å². The number of hydrogen-bond donors (Lipinski definition) is 0. The molecule has 0 saturated carbocycles. The fourth-order valence-electron chi connectivity index (χ4n) is 2.86. The normalized spacial score (nSPS) is 17.2. The molecule has 0 aliphatic carbocycles. The van der Waals surface area contributed by atoms with Crippen molar-refractivity contribution in [2.24, 2.45) is 0 Å². The van der Waals surface area contributed by atoms with Gasteiger partial charge in [-0.25, -0.2) is 0 Å². The van der Waals surface area contributed by atoms with Crippen molar-refractivity contribution < 1.29 is 14.3 Å². The molecule has 0 bridgehead atoms. The fourth-order valence-corrected chi connectivity index (χ4v) is 2.86. The first kappa shape index (κ1) is 16.2. The monoisotopic (exact) mass is 328 g/mol. The molecule has 1 saturated heterocycles. The summed E-state index contributed by atoms with van der Waals surface area (Å²) in [6, 6.07) is 8.21. The third-order valence-electron chi connectivity index (χ3n) is 4.21. The van der Waals surface area contributed by atoms with Gasteiger partial charge >= 0.3 is 12.0 Å². The maximum atomic E-state index is 12.4. The Balaban J connectivity index is 1.92. The molecule has 1 atom stereocenters. The number of methoxy groups -OCH3 is 2. The molecule has 0 spiro atoms. The Labute approximate surface area is 140 Å². The van der Waals surface area contributed by atoms with Crippen molar-refractivity contribution in [1.29, 1.82) is 0 Å². The molecule has 3 rings (SSSR count). The van der Waals surface area contributed by atoms with Crippen LogP contribution in [0, 0.1) is 6.92 Å². The zero-order chi connectivity index (χ0) is 17.1. The zero-order valence-corrected chi connectivity index (χ0v) is 14.0. The van der Waals surface area contributed by atoms with Crippen LogP contribution in [0.4, 0.5) is 0 Å². The summed E-state index contributed by atoms with van der Waals surface area (Å²) in [4.78, 5) is 26.8. The molecule has 126 valence electrons. The van der Waals surface area contributed by atoms with Crippen LogP contribution in [0.25, 0.3) is 0 Å². The van der Waals surface area contributed by atoms with Crippen molar-refractivity contribution in [3.8, 4) is 12.0 Å². The maximum absolute atomic E-state index is 12.4. The van der Waals surface area contributed by atoms with E-state index in [1.807, 2.05) is 36.1 Å². The summed E-state index contributed by atoms with van der Waals surface area (Å²) in [5.41, 5.74) is 2.27. The van der Waals surface area contributed by atoms with Gasteiger partial charge in [0.2, 0.25) is 5.91 Å². The largest absolute Gasteiger partial charge is 0.467 e. The second-order valence-corrected chi connectivity index (χ2v) is 5.67. The third kappa shape index (κ3) is 3.15. The first-order valence-electron chi connectivity index (χ1n) is 7.80. The average molecular weight is 328 g/mol. The van der Waals surface area contributed by atoms with E-state index in [-0.39, 0.29) is 24.0 Å². The highest BCUT2D eigenvalue weighted by Gasteiger charge is 2.35. The number of benzene rings is 1. The van der Waals surface area contributed by atoms with Crippen molar-refractivity contribution in [2.45, 2.75) is 32.4 Å². The number of likely N-dealkylation sites (tertiary alicyclic amines) is 1. The summed E-state index contributed by atoms with van der Waals surface area (Å²) in [5.74, 6) is 0.597. The molecule has 1 fully saturated rings. The van der Waals surface area contributed by atoms with Gasteiger partial charge in [0.15, 0.2) is 5.82 Å². The van der Waals surface area contributed by atoms with Crippen LogP contribution in [0.5, 0.6) is 12.0 Å². The molecule has 7 nitrogen and oxygen atoms in total. The number of aromatic nitrogens is 3. The van der Waals surface area contributed by atoms with E-state index < -0.39 is 0 Å². The quantitative estimate of drug-likeness (QED) is 0.836. The van der Waals surface area contributed by atoms with Gasteiger partial charge in [-0.1, -0.05) is 24.3 Å². The van der Waals surface area contributed by atoms with E-state index in [0.29, 0.717) is 25.2 Å². The Morgan fingerprint density at radius 3 is 2.42 bits per heavy atom. The second-order valence-electron chi connectivity index (χ2n) is 5.67. The van der Waals surface area contributed by atoms with Crippen LogP contribution in [0.15, 0.2) is 24.3 Å². The van der Waals surface area contributed by atoms with E-state index in [2.05, 4.69) is 15.0 Å². The van der Waals surface area contributed by atoms with Crippen LogP contribution in [-0.4, -0.2) is 40.0 Å². The highest BCUT2D eigenvalue weighted by Crippen LogP contribution is 2.33. The van der Waals surface area contributed by atoms with Crippen molar-refractivity contribution in [3.05, 3.63) is 41.2 Å². The molecule has 24 heavy (non-hydrogen) atoms. The minimum atomic E-state index is -0.206. The van der Waals surface area contributed by atoms with Crippen molar-refractivity contribution in [1.82, 2.24) is 19.9 Å². The molecule has 0 radical (unpaired) electrons. The minimum absolute atomic E-state index is 0.0987. The standard InChI is InChI=1S/C17H20N4O3/c1-11-6-4-5-7-12(11)10-21-13(8-9-14(21)22)15-18-16(23-2)20-17(19-15)24-3/h4-7,13H,8-10H2,1-3H3. The van der Waals surface area contributed by atoms with Gasteiger partial charge in [0.1, 0.15) is 0 Å². The maximum Gasteiger partial charge on any atom is 0.322 e. The van der Waals surface area contributed by atoms with Gasteiger partial charge in [-0.15, -0.1) is 4.98 Å². The number of carbonyl (C=O) groups excluding carboxylic acids is 1. The molecule has 1 unspecified atom stereocenters. The lowest BCUT2D eigenvalue weighted by atomic mass is 10.1. The molecule has 2 heterocycles. The molecule has 0 N–H and O–H groups in total. The number of ether oxygens (including phenoxy) is 2. The van der Waals surface area contributed by atoms with Crippen LogP contribution >= 0.6 is 0 Å². The first-order chi connectivity index (χ1) is 11.6. The van der Waals surface area contributed by atoms with Crippen molar-refractivity contribution in [3.63, 3.8) is 0 Å². The number of amides is 1. The van der Waals surface area contributed by atoms with Crippen molar-refractivity contribution >= 4 is 5.91 Å². The highest BCUT2D eigenvalue weighted by atomic mass is 16.5. The van der Waals surface area contributed by atoms with Crippen LogP contribution in [0.2, 0.25) is 0 Å². The highest BCUT2D eigenvalue weighted by molar-refractivity contribution is 5.79. The molecule has 1 amide bonds. The Bertz CT molecular complexity index is 728. The lowest BCUT2D eigenvalue weighted by Gasteiger charge is -2.24. The number of hydrogen-bond acceptors (Lipinski definition) is 6. The lowest BCUT2D eigenvalue weighted by Crippen LogP contribution is -2.28. The van der Waals surface area contributed by atoms with Gasteiger partial charge in [0.05, 0.1) is 20.3 Å². The van der Waals surface area contributed by atoms with E-state index >= 15 is 0 Å². The van der Waals surface area contributed by atoms with Gasteiger partial charge in [0, 0.05) is 13.0 Å². The number of aryl methyl sites for hydroxylation is 1. The number of nitrogens with zero attached hydrogens (tertiary/aromatic N) is 4. The molecule has 1 aromatic heterocycles. The minimum Gasteiger partial charge on any atom is -0.467 e. The summed E-state index contributed by atoms with van der Waals surface area (Å²) >= 11 is 0. The number of rotatable bonds is 5. The Kier molecular flexibility index (Phi) is 4.59. The summed E-state index contributed by atoms with van der Waals surface area (Å²) < 4.78 is 10.2. The summed E-state index contributed by atoms with van der Waals surface area (Å²) in [6.07, 6.45) is 1.15. The van der Waals surface area contributed by atoms with E-state index in [4.69, 9.17) is 9.47 Å². The van der Waals surface area contributed by atoms with Crippen LogP contribution < -0.4 is 9.47 Å². The predicted molar refractivity (Wildman–Crippen MR) is 86.6 cm³/mol. The fraction of sp³-hybridized carbons (Fsp3) is 0.412. The molecule has 1 aliphatic rings. The van der Waals surface area contributed by atoms with Gasteiger partial charge in [-0.3, -0.25) is 4.79 Å². The second kappa shape index (κ2) is 6.82. The summed E-state index contributed by atoms with van der Waals surface area (Å²) in [7, 11) is 2.98. The molecular weight excluding hydrogens is 308 g/mol. The third-order valence-corrected chi connectivity index (χ3v) is 4.21. The SMILES string of the molecule is COc1nc(OC)nc(C2CCC(=O)N2Cc2ccccc2C)n1. The van der Waals surface area contributed by atoms with Gasteiger partial charge < -0.3 is 14.4 Å².